The summed E-state index contributed by atoms with van der Waals surface area (Å²) in [5.74, 6) is 1.43. The molecule has 0 bridgehead atoms. The van der Waals surface area contributed by atoms with Crippen LogP contribution in [0.3, 0.4) is 0 Å². The number of nitrogens with one attached hydrogen (secondary N) is 2. The highest BCUT2D eigenvalue weighted by molar-refractivity contribution is 5.94. The smallest absolute Gasteiger partial charge is 0.408 e. The van der Waals surface area contributed by atoms with E-state index in [2.05, 4.69) is 28.6 Å². The van der Waals surface area contributed by atoms with Crippen molar-refractivity contribution >= 4 is 11.6 Å². The maximum atomic E-state index is 13.0. The van der Waals surface area contributed by atoms with E-state index in [1.807, 2.05) is 6.92 Å². The van der Waals surface area contributed by atoms with Crippen molar-refractivity contribution in [2.45, 2.75) is 65.1 Å². The number of nitriles is 1. The molecule has 1 aliphatic rings. The third-order valence-electron chi connectivity index (χ3n) is 6.57. The molecule has 10 heteroatoms. The second-order valence-corrected chi connectivity index (χ2v) is 9.16. The summed E-state index contributed by atoms with van der Waals surface area (Å²) in [5, 5.41) is 15.3. The van der Waals surface area contributed by atoms with Crippen molar-refractivity contribution < 1.29 is 22.7 Å². The number of ether oxygens (including phenoxy) is 1. The molecule has 190 valence electrons. The third kappa shape index (κ3) is 6.08. The first-order valence-electron chi connectivity index (χ1n) is 11.9. The highest BCUT2D eigenvalue weighted by Gasteiger charge is 2.36. The molecule has 0 radical (unpaired) electrons. The number of alkyl halides is 3. The number of benzene rings is 1. The predicted octanol–water partition coefficient (Wildman–Crippen LogP) is 5.23. The van der Waals surface area contributed by atoms with Crippen molar-refractivity contribution in [3.05, 3.63) is 35.4 Å². The second-order valence-electron chi connectivity index (χ2n) is 9.16. The maximum absolute atomic E-state index is 13.0. The molecule has 2 N–H and O–H groups in total. The molecule has 3 rings (SSSR count). The summed E-state index contributed by atoms with van der Waals surface area (Å²) in [6.07, 6.45) is 0.432. The van der Waals surface area contributed by atoms with E-state index in [0.717, 1.165) is 32.6 Å². The molecule has 1 heterocycles. The molecular weight excluding hydrogens is 459 g/mol. The van der Waals surface area contributed by atoms with Crippen LogP contribution in [0, 0.1) is 23.2 Å². The lowest BCUT2D eigenvalue weighted by atomic mass is 9.83. The Bertz CT molecular complexity index is 1080. The van der Waals surface area contributed by atoms with Gasteiger partial charge in [-0.1, -0.05) is 26.7 Å². The number of aryl methyl sites for hydroxylation is 1. The Morgan fingerprint density at radius 2 is 2.00 bits per heavy atom. The Kier molecular flexibility index (Phi) is 8.30. The van der Waals surface area contributed by atoms with Crippen LogP contribution in [0.15, 0.2) is 18.2 Å². The molecule has 0 saturated heterocycles. The average Bonchev–Trinajstić information content (AvgIpc) is 3.21. The number of carbonyl (C=O) groups excluding carboxylic acids is 1. The lowest BCUT2D eigenvalue weighted by Crippen LogP contribution is -2.33. The first kappa shape index (κ1) is 26.4. The molecule has 1 saturated carbocycles. The van der Waals surface area contributed by atoms with Gasteiger partial charge in [0.15, 0.2) is 11.4 Å². The summed E-state index contributed by atoms with van der Waals surface area (Å²) in [6.45, 7) is 5.64. The molecule has 7 nitrogen and oxygen atoms in total. The van der Waals surface area contributed by atoms with Gasteiger partial charge < -0.3 is 15.4 Å². The summed E-state index contributed by atoms with van der Waals surface area (Å²) in [6, 6.07) is 4.79. The van der Waals surface area contributed by atoms with Crippen LogP contribution >= 0.6 is 0 Å². The highest BCUT2D eigenvalue weighted by atomic mass is 19.4. The third-order valence-corrected chi connectivity index (χ3v) is 6.57. The number of methoxy groups -OCH3 is 1. The normalized spacial score (nSPS) is 19.0. The van der Waals surface area contributed by atoms with Crippen LogP contribution in [0.25, 0.3) is 5.69 Å². The minimum Gasteiger partial charge on any atom is -0.494 e. The second kappa shape index (κ2) is 11.0. The van der Waals surface area contributed by atoms with Gasteiger partial charge >= 0.3 is 6.18 Å². The number of carbonyl (C=O) groups is 1. The van der Waals surface area contributed by atoms with Crippen molar-refractivity contribution in [3.8, 4) is 17.5 Å². The molecule has 0 spiro atoms. The van der Waals surface area contributed by atoms with Crippen LogP contribution in [0.2, 0.25) is 0 Å². The van der Waals surface area contributed by atoms with Gasteiger partial charge in [0, 0.05) is 24.7 Å². The fraction of sp³-hybridized carbons (Fsp3) is 0.560. The van der Waals surface area contributed by atoms with E-state index in [4.69, 9.17) is 4.74 Å². The summed E-state index contributed by atoms with van der Waals surface area (Å²) < 4.78 is 45.8. The van der Waals surface area contributed by atoms with Crippen LogP contribution in [0.5, 0.6) is 5.75 Å². The van der Waals surface area contributed by atoms with Gasteiger partial charge in [0.25, 0.3) is 5.91 Å². The summed E-state index contributed by atoms with van der Waals surface area (Å²) in [4.78, 5) is 17.4. The monoisotopic (exact) mass is 491 g/mol. The molecule has 1 fully saturated rings. The van der Waals surface area contributed by atoms with Gasteiger partial charge in [0.2, 0.25) is 0 Å². The molecule has 0 aliphatic heterocycles. The van der Waals surface area contributed by atoms with Gasteiger partial charge in [-0.25, -0.2) is 4.98 Å². The van der Waals surface area contributed by atoms with Gasteiger partial charge in [0.1, 0.15) is 23.7 Å². The molecule has 1 atom stereocenters. The summed E-state index contributed by atoms with van der Waals surface area (Å²) >= 11 is 0. The number of halogens is 3. The minimum absolute atomic E-state index is 0.0310. The van der Waals surface area contributed by atoms with E-state index in [-0.39, 0.29) is 22.8 Å². The quantitative estimate of drug-likeness (QED) is 0.527. The summed E-state index contributed by atoms with van der Waals surface area (Å²) in [5.41, 5.74) is 0.716. The van der Waals surface area contributed by atoms with Crippen LogP contribution in [-0.4, -0.2) is 41.3 Å². The Morgan fingerprint density at radius 1 is 1.31 bits per heavy atom. The van der Waals surface area contributed by atoms with Crippen LogP contribution in [0.1, 0.15) is 68.5 Å². The molecule has 2 aromatic rings. The van der Waals surface area contributed by atoms with E-state index in [9.17, 15) is 23.2 Å². The van der Waals surface area contributed by atoms with E-state index in [1.165, 1.54) is 23.8 Å². The number of hydrogen-bond donors (Lipinski definition) is 2. The molecule has 35 heavy (non-hydrogen) atoms. The topological polar surface area (TPSA) is 92.0 Å². The molecular formula is C25H32F3N5O2. The number of aromatic nitrogens is 2. The minimum atomic E-state index is -4.41. The maximum Gasteiger partial charge on any atom is 0.408 e. The van der Waals surface area contributed by atoms with Gasteiger partial charge in [-0.3, -0.25) is 9.36 Å². The number of hydrogen-bond acceptors (Lipinski definition) is 5. The molecule has 1 aromatic carbocycles. The van der Waals surface area contributed by atoms with Crippen molar-refractivity contribution in [2.24, 2.45) is 11.8 Å². The van der Waals surface area contributed by atoms with Gasteiger partial charge in [-0.15, -0.1) is 0 Å². The first-order chi connectivity index (χ1) is 16.6. The zero-order valence-electron chi connectivity index (χ0n) is 20.5. The fourth-order valence-corrected chi connectivity index (χ4v) is 4.36. The van der Waals surface area contributed by atoms with Crippen LogP contribution in [0.4, 0.5) is 18.9 Å². The lowest BCUT2D eigenvalue weighted by molar-refractivity contribution is -0.138. The Labute approximate surface area is 203 Å². The van der Waals surface area contributed by atoms with Gasteiger partial charge in [-0.2, -0.15) is 18.4 Å². The molecule has 0 unspecified atom stereocenters. The van der Waals surface area contributed by atoms with Crippen molar-refractivity contribution in [3.63, 3.8) is 0 Å². The standard InChI is InChI=1S/C25H32F3N5O2/c1-5-22-32-23(24(34)30-14-17-8-6-15(2)7-9-17)20(13-29)33(22)19-11-10-18(12-21(19)35-4)31-16(3)25(26,27)28/h10-12,15-17,31H,5-9,14H2,1-4H3,(H,30,34)/t15?,16-,17?/m1/s1. The molecule has 1 aliphatic carbocycles. The summed E-state index contributed by atoms with van der Waals surface area (Å²) in [7, 11) is 1.39. The lowest BCUT2D eigenvalue weighted by Gasteiger charge is -2.26. The number of imidazole rings is 1. The van der Waals surface area contributed by atoms with Crippen LogP contribution in [-0.2, 0) is 6.42 Å². The predicted molar refractivity (Wildman–Crippen MR) is 127 cm³/mol. The number of nitrogens with zero attached hydrogens (tertiary/aromatic N) is 3. The largest absolute Gasteiger partial charge is 0.494 e. The van der Waals surface area contributed by atoms with Gasteiger partial charge in [-0.05, 0) is 43.7 Å². The number of anilines is 1. The van der Waals surface area contributed by atoms with Crippen molar-refractivity contribution in [1.29, 1.82) is 5.26 Å². The zero-order valence-corrected chi connectivity index (χ0v) is 20.5. The van der Waals surface area contributed by atoms with E-state index in [1.54, 1.807) is 6.07 Å². The Morgan fingerprint density at radius 3 is 2.57 bits per heavy atom. The zero-order chi connectivity index (χ0) is 25.8. The number of amides is 1. The van der Waals surface area contributed by atoms with E-state index >= 15 is 0 Å². The Hall–Kier alpha value is -3.22. The van der Waals surface area contributed by atoms with Crippen LogP contribution < -0.4 is 15.4 Å². The SMILES string of the molecule is CCc1nc(C(=O)NCC2CCC(C)CC2)c(C#N)n1-c1ccc(N[C@H](C)C(F)(F)F)cc1OC. The first-order valence-corrected chi connectivity index (χ1v) is 11.9. The average molecular weight is 492 g/mol. The van der Waals surface area contributed by atoms with E-state index < -0.39 is 18.1 Å². The van der Waals surface area contributed by atoms with Gasteiger partial charge in [0.05, 0.1) is 12.8 Å². The Balaban J connectivity index is 1.89. The number of rotatable bonds is 8. The van der Waals surface area contributed by atoms with Crippen molar-refractivity contribution in [1.82, 2.24) is 14.9 Å². The van der Waals surface area contributed by atoms with Crippen molar-refractivity contribution in [2.75, 3.05) is 19.0 Å². The molecule has 1 aromatic heterocycles. The van der Waals surface area contributed by atoms with E-state index in [0.29, 0.717) is 36.3 Å². The highest BCUT2D eigenvalue weighted by Crippen LogP contribution is 2.32. The molecule has 1 amide bonds. The fourth-order valence-electron chi connectivity index (χ4n) is 4.36.